The van der Waals surface area contributed by atoms with Gasteiger partial charge >= 0.3 is 5.97 Å². The summed E-state index contributed by atoms with van der Waals surface area (Å²) in [5.74, 6) is -0.735. The number of hydrogen-bond acceptors (Lipinski definition) is 4. The van der Waals surface area contributed by atoms with Crippen LogP contribution in [0, 0.1) is 5.41 Å². The molecular weight excluding hydrogens is 338 g/mol. The number of rotatable bonds is 9. The Labute approximate surface area is 164 Å². The fourth-order valence-electron chi connectivity index (χ4n) is 4.42. The van der Waals surface area contributed by atoms with Crippen LogP contribution in [-0.2, 0) is 11.3 Å². The largest absolute Gasteiger partial charge is 0.480 e. The molecule has 1 aliphatic heterocycles. The first kappa shape index (κ1) is 21.9. The highest BCUT2D eigenvalue weighted by atomic mass is 16.4. The SMILES string of the molecule is CN(Cc1ccccc1)CC(C)(C)CN1CCCC(N(C)CC(=O)O)CC1. The molecule has 0 radical (unpaired) electrons. The summed E-state index contributed by atoms with van der Waals surface area (Å²) in [5, 5.41) is 9.02. The van der Waals surface area contributed by atoms with Gasteiger partial charge in [0.05, 0.1) is 6.54 Å². The van der Waals surface area contributed by atoms with E-state index in [0.717, 1.165) is 52.0 Å². The molecule has 5 nitrogen and oxygen atoms in total. The molecule has 0 spiro atoms. The molecule has 1 fully saturated rings. The Balaban J connectivity index is 1.81. The van der Waals surface area contributed by atoms with Gasteiger partial charge in [-0.25, -0.2) is 0 Å². The van der Waals surface area contributed by atoms with Crippen LogP contribution in [0.5, 0.6) is 0 Å². The maximum atomic E-state index is 11.0. The fraction of sp³-hybridized carbons (Fsp3) is 0.682. The van der Waals surface area contributed by atoms with Gasteiger partial charge in [-0.2, -0.15) is 0 Å². The molecule has 27 heavy (non-hydrogen) atoms. The van der Waals surface area contributed by atoms with Crippen LogP contribution in [0.4, 0.5) is 0 Å². The van der Waals surface area contributed by atoms with Gasteiger partial charge in [0, 0.05) is 25.7 Å². The van der Waals surface area contributed by atoms with Crippen molar-refractivity contribution in [1.82, 2.24) is 14.7 Å². The van der Waals surface area contributed by atoms with Crippen LogP contribution in [-0.4, -0.2) is 78.6 Å². The molecule has 1 saturated heterocycles. The lowest BCUT2D eigenvalue weighted by Gasteiger charge is -2.35. The van der Waals surface area contributed by atoms with E-state index in [1.165, 1.54) is 5.56 Å². The quantitative estimate of drug-likeness (QED) is 0.719. The molecule has 0 aliphatic carbocycles. The average Bonchev–Trinajstić information content (AvgIpc) is 2.79. The Hall–Kier alpha value is -1.43. The number of benzene rings is 1. The first-order valence-corrected chi connectivity index (χ1v) is 10.1. The van der Waals surface area contributed by atoms with Crippen LogP contribution in [0.2, 0.25) is 0 Å². The van der Waals surface area contributed by atoms with Crippen molar-refractivity contribution < 1.29 is 9.90 Å². The zero-order chi connectivity index (χ0) is 19.9. The first-order valence-electron chi connectivity index (χ1n) is 10.1. The normalized spacial score (nSPS) is 19.4. The lowest BCUT2D eigenvalue weighted by Crippen LogP contribution is -2.42. The van der Waals surface area contributed by atoms with Gasteiger partial charge in [-0.3, -0.25) is 9.69 Å². The number of likely N-dealkylation sites (N-methyl/N-ethyl adjacent to an activating group) is 1. The maximum Gasteiger partial charge on any atom is 0.317 e. The minimum Gasteiger partial charge on any atom is -0.480 e. The van der Waals surface area contributed by atoms with E-state index >= 15 is 0 Å². The van der Waals surface area contributed by atoms with Gasteiger partial charge in [-0.1, -0.05) is 44.2 Å². The molecule has 1 aromatic carbocycles. The monoisotopic (exact) mass is 375 g/mol. The topological polar surface area (TPSA) is 47.0 Å². The lowest BCUT2D eigenvalue weighted by atomic mass is 9.91. The highest BCUT2D eigenvalue weighted by Gasteiger charge is 2.27. The number of aliphatic carboxylic acids is 1. The van der Waals surface area contributed by atoms with E-state index in [1.54, 1.807) is 0 Å². The third-order valence-electron chi connectivity index (χ3n) is 5.44. The van der Waals surface area contributed by atoms with E-state index in [0.29, 0.717) is 6.04 Å². The number of hydrogen-bond donors (Lipinski definition) is 1. The Bertz CT molecular complexity index is 576. The average molecular weight is 376 g/mol. The van der Waals surface area contributed by atoms with Gasteiger partial charge in [0.1, 0.15) is 0 Å². The van der Waals surface area contributed by atoms with E-state index in [4.69, 9.17) is 5.11 Å². The fourth-order valence-corrected chi connectivity index (χ4v) is 4.42. The van der Waals surface area contributed by atoms with Crippen LogP contribution in [0.15, 0.2) is 30.3 Å². The summed E-state index contributed by atoms with van der Waals surface area (Å²) in [4.78, 5) is 18.0. The van der Waals surface area contributed by atoms with Crippen molar-refractivity contribution in [1.29, 1.82) is 0 Å². The van der Waals surface area contributed by atoms with E-state index in [1.807, 2.05) is 11.9 Å². The summed E-state index contributed by atoms with van der Waals surface area (Å²) < 4.78 is 0. The molecule has 1 atom stereocenters. The van der Waals surface area contributed by atoms with Gasteiger partial charge in [0.2, 0.25) is 0 Å². The summed E-state index contributed by atoms with van der Waals surface area (Å²) in [6.45, 7) is 10.1. The van der Waals surface area contributed by atoms with E-state index in [9.17, 15) is 4.79 Å². The van der Waals surface area contributed by atoms with E-state index in [2.05, 4.69) is 61.0 Å². The molecule has 0 amide bonds. The van der Waals surface area contributed by atoms with Crippen LogP contribution < -0.4 is 0 Å². The molecule has 1 N–H and O–H groups in total. The molecule has 1 heterocycles. The van der Waals surface area contributed by atoms with Gasteiger partial charge in [-0.15, -0.1) is 0 Å². The molecule has 5 heteroatoms. The van der Waals surface area contributed by atoms with Gasteiger partial charge in [0.25, 0.3) is 0 Å². The van der Waals surface area contributed by atoms with Crippen molar-refractivity contribution in [3.05, 3.63) is 35.9 Å². The number of nitrogens with zero attached hydrogens (tertiary/aromatic N) is 3. The number of carboxylic acid groups (broad SMARTS) is 1. The molecule has 0 saturated carbocycles. The molecule has 1 aliphatic rings. The van der Waals surface area contributed by atoms with E-state index in [-0.39, 0.29) is 12.0 Å². The highest BCUT2D eigenvalue weighted by Crippen LogP contribution is 2.23. The summed E-state index contributed by atoms with van der Waals surface area (Å²) in [7, 11) is 4.14. The first-order chi connectivity index (χ1) is 12.7. The lowest BCUT2D eigenvalue weighted by molar-refractivity contribution is -0.138. The van der Waals surface area contributed by atoms with Crippen LogP contribution in [0.25, 0.3) is 0 Å². The summed E-state index contributed by atoms with van der Waals surface area (Å²) >= 11 is 0. The van der Waals surface area contributed by atoms with Gasteiger partial charge in [0.15, 0.2) is 0 Å². The zero-order valence-corrected chi connectivity index (χ0v) is 17.5. The molecule has 0 aromatic heterocycles. The van der Waals surface area contributed by atoms with Crippen molar-refractivity contribution in [2.24, 2.45) is 5.41 Å². The minimum absolute atomic E-state index is 0.139. The van der Waals surface area contributed by atoms with Gasteiger partial charge < -0.3 is 14.9 Å². The third kappa shape index (κ3) is 7.99. The summed E-state index contributed by atoms with van der Waals surface area (Å²) in [6.07, 6.45) is 3.29. The second-order valence-electron chi connectivity index (χ2n) is 8.99. The van der Waals surface area contributed by atoms with Crippen LogP contribution >= 0.6 is 0 Å². The predicted octanol–water partition coefficient (Wildman–Crippen LogP) is 3.02. The van der Waals surface area contributed by atoms with Gasteiger partial charge in [-0.05, 0) is 57.4 Å². The molecule has 1 unspecified atom stereocenters. The second-order valence-corrected chi connectivity index (χ2v) is 8.99. The smallest absolute Gasteiger partial charge is 0.317 e. The van der Waals surface area contributed by atoms with Crippen molar-refractivity contribution in [2.45, 2.75) is 45.7 Å². The second kappa shape index (κ2) is 10.2. The third-order valence-corrected chi connectivity index (χ3v) is 5.44. The van der Waals surface area contributed by atoms with E-state index < -0.39 is 5.97 Å². The van der Waals surface area contributed by atoms with Crippen molar-refractivity contribution in [3.8, 4) is 0 Å². The number of carbonyl (C=O) groups is 1. The number of carboxylic acids is 1. The zero-order valence-electron chi connectivity index (χ0n) is 17.5. The summed E-state index contributed by atoms with van der Waals surface area (Å²) in [5.41, 5.74) is 1.57. The summed E-state index contributed by atoms with van der Waals surface area (Å²) in [6, 6.07) is 11.0. The molecule has 2 rings (SSSR count). The Morgan fingerprint density at radius 3 is 2.56 bits per heavy atom. The minimum atomic E-state index is -0.735. The van der Waals surface area contributed by atoms with Crippen LogP contribution in [0.3, 0.4) is 0 Å². The maximum absolute atomic E-state index is 11.0. The molecular formula is C22H37N3O2. The standard InChI is InChI=1S/C22H37N3O2/c1-22(2,17-23(3)15-19-9-6-5-7-10-19)18-25-13-8-11-20(12-14-25)24(4)16-21(26)27/h5-7,9-10,20H,8,11-18H2,1-4H3,(H,26,27). The van der Waals surface area contributed by atoms with Crippen molar-refractivity contribution in [3.63, 3.8) is 0 Å². The molecule has 0 bridgehead atoms. The molecule has 152 valence electrons. The van der Waals surface area contributed by atoms with Crippen molar-refractivity contribution in [2.75, 3.05) is 46.8 Å². The molecule has 1 aromatic rings. The number of likely N-dealkylation sites (tertiary alicyclic amines) is 1. The highest BCUT2D eigenvalue weighted by molar-refractivity contribution is 5.69. The van der Waals surface area contributed by atoms with Crippen molar-refractivity contribution >= 4 is 5.97 Å². The Morgan fingerprint density at radius 2 is 1.89 bits per heavy atom. The predicted molar refractivity (Wildman–Crippen MR) is 111 cm³/mol. The Morgan fingerprint density at radius 1 is 1.19 bits per heavy atom. The van der Waals surface area contributed by atoms with Crippen LogP contribution in [0.1, 0.15) is 38.7 Å². The Kier molecular flexibility index (Phi) is 8.27.